The van der Waals surface area contributed by atoms with Crippen LogP contribution >= 0.6 is 11.6 Å². The highest BCUT2D eigenvalue weighted by Crippen LogP contribution is 2.46. The molecule has 1 spiro atoms. The van der Waals surface area contributed by atoms with Gasteiger partial charge in [-0.3, -0.25) is 9.69 Å². The number of fused-ring (bicyclic) bond motifs is 4. The van der Waals surface area contributed by atoms with E-state index >= 15 is 0 Å². The van der Waals surface area contributed by atoms with Gasteiger partial charge in [0.2, 0.25) is 0 Å². The highest BCUT2D eigenvalue weighted by atomic mass is 35.5. The van der Waals surface area contributed by atoms with E-state index in [1.807, 2.05) is 12.1 Å². The molecule has 2 heterocycles. The molecule has 0 radical (unpaired) electrons. The molecule has 1 aromatic rings. The lowest BCUT2D eigenvalue weighted by molar-refractivity contribution is -0.114. The zero-order valence-electron chi connectivity index (χ0n) is 26.2. The van der Waals surface area contributed by atoms with Gasteiger partial charge in [-0.25, -0.2) is 13.7 Å². The lowest BCUT2D eigenvalue weighted by atomic mass is 9.68. The van der Waals surface area contributed by atoms with E-state index in [4.69, 9.17) is 25.8 Å². The van der Waals surface area contributed by atoms with Gasteiger partial charge in [-0.1, -0.05) is 29.8 Å². The number of halogens is 1. The third-order valence-electron chi connectivity index (χ3n) is 10.2. The largest absolute Gasteiger partial charge is 0.495 e. The molecule has 3 aliphatic carbocycles. The Balaban J connectivity index is 1.38. The maximum absolute atomic E-state index is 13.9. The standard InChI is InChI=1S/C34H44ClN3O6S/c1-3-43-33(40)37-45(41)17-6-4-5-9-30(42-2)27-13-10-25(27)20-38-21-34(16-7-8-23-18-26(35)12-14-28(23)34)22-44-31-15-11-24(19-29(31)38)32(39)36-45/h5,9,11-12,14-15,18,25,27,29-30H,3-4,6-8,10,13,16-17,19-22H2,1-2H3,(H,36,37,39,40,41)/b9-5+/t25-,27+,29?,30-,34-,45?/m0/s1. The molecule has 1 N–H and O–H groups in total. The van der Waals surface area contributed by atoms with Gasteiger partial charge in [-0.2, -0.15) is 0 Å². The number of nitrogens with zero attached hydrogens (tertiary/aromatic N) is 2. The Labute approximate surface area is 271 Å². The zero-order valence-corrected chi connectivity index (χ0v) is 27.7. The highest BCUT2D eigenvalue weighted by molar-refractivity contribution is 7.92. The van der Waals surface area contributed by atoms with E-state index in [2.05, 4.69) is 38.3 Å². The van der Waals surface area contributed by atoms with Gasteiger partial charge >= 0.3 is 6.09 Å². The van der Waals surface area contributed by atoms with Crippen molar-refractivity contribution in [1.82, 2.24) is 9.62 Å². The van der Waals surface area contributed by atoms with Crippen LogP contribution in [-0.2, 0) is 40.8 Å². The molecule has 45 heavy (non-hydrogen) atoms. The number of ether oxygens (including phenoxy) is 3. The first-order chi connectivity index (χ1) is 21.7. The predicted molar refractivity (Wildman–Crippen MR) is 174 cm³/mol. The van der Waals surface area contributed by atoms with Crippen molar-refractivity contribution >= 4 is 33.5 Å². The van der Waals surface area contributed by atoms with Crippen LogP contribution in [0.2, 0.25) is 5.02 Å². The number of nitrogens with one attached hydrogen (secondary N) is 1. The minimum atomic E-state index is -3.41. The third-order valence-corrected chi connectivity index (χ3v) is 12.2. The summed E-state index contributed by atoms with van der Waals surface area (Å²) in [6, 6.07) is 6.10. The predicted octanol–water partition coefficient (Wildman–Crippen LogP) is 5.88. The number of amides is 2. The summed E-state index contributed by atoms with van der Waals surface area (Å²) in [6.45, 7) is 3.98. The summed E-state index contributed by atoms with van der Waals surface area (Å²) in [5, 5.41) is 0.753. The maximum atomic E-state index is 13.9. The Kier molecular flexibility index (Phi) is 9.76. The fraction of sp³-hybridized carbons (Fsp3) is 0.588. The van der Waals surface area contributed by atoms with E-state index in [9.17, 15) is 13.8 Å². The van der Waals surface area contributed by atoms with E-state index in [1.54, 1.807) is 20.1 Å². The van der Waals surface area contributed by atoms with Crippen molar-refractivity contribution < 1.29 is 28.0 Å². The molecule has 5 aliphatic rings. The Morgan fingerprint density at radius 2 is 2.13 bits per heavy atom. The number of aryl methyl sites for hydroxylation is 1. The van der Waals surface area contributed by atoms with Crippen molar-refractivity contribution in [1.29, 1.82) is 0 Å². The van der Waals surface area contributed by atoms with E-state index < -0.39 is 21.9 Å². The number of hydrogen-bond donors (Lipinski definition) is 1. The van der Waals surface area contributed by atoms with Crippen LogP contribution < -0.4 is 4.72 Å². The number of allylic oxidation sites excluding steroid dienone is 3. The van der Waals surface area contributed by atoms with Crippen LogP contribution in [-0.4, -0.2) is 72.4 Å². The summed E-state index contributed by atoms with van der Waals surface area (Å²) in [5.41, 5.74) is 2.84. The van der Waals surface area contributed by atoms with Crippen molar-refractivity contribution in [2.45, 2.75) is 75.9 Å². The second-order valence-corrected chi connectivity index (χ2v) is 15.5. The molecular weight excluding hydrogens is 614 g/mol. The van der Waals surface area contributed by atoms with Crippen molar-refractivity contribution in [2.75, 3.05) is 39.2 Å². The quantitative estimate of drug-likeness (QED) is 0.405. The lowest BCUT2D eigenvalue weighted by Crippen LogP contribution is -2.51. The molecule has 6 rings (SSSR count). The number of carbonyl (C=O) groups excluding carboxylic acids is 2. The minimum absolute atomic E-state index is 0.0171. The van der Waals surface area contributed by atoms with Gasteiger partial charge in [-0.15, -0.1) is 4.36 Å². The Morgan fingerprint density at radius 1 is 1.27 bits per heavy atom. The first-order valence-electron chi connectivity index (χ1n) is 16.2. The number of benzene rings is 1. The number of methoxy groups -OCH3 is 1. The van der Waals surface area contributed by atoms with Crippen LogP contribution in [0.1, 0.15) is 63.0 Å². The Bertz CT molecular complexity index is 1530. The molecule has 0 aromatic heterocycles. The van der Waals surface area contributed by atoms with Crippen molar-refractivity contribution in [3.05, 3.63) is 70.0 Å². The maximum Gasteiger partial charge on any atom is 0.419 e. The van der Waals surface area contributed by atoms with Crippen molar-refractivity contribution in [2.24, 2.45) is 16.2 Å². The smallest absolute Gasteiger partial charge is 0.419 e. The fourth-order valence-corrected chi connectivity index (χ4v) is 9.47. The number of rotatable bonds is 3. The average Bonchev–Trinajstić information content (AvgIpc) is 3.14. The first-order valence-corrected chi connectivity index (χ1v) is 18.3. The summed E-state index contributed by atoms with van der Waals surface area (Å²) in [6.07, 6.45) is 13.7. The molecule has 1 aromatic carbocycles. The minimum Gasteiger partial charge on any atom is -0.495 e. The molecule has 6 atom stereocenters. The van der Waals surface area contributed by atoms with E-state index in [0.717, 1.165) is 56.0 Å². The molecule has 9 nitrogen and oxygen atoms in total. The van der Waals surface area contributed by atoms with E-state index in [-0.39, 0.29) is 29.9 Å². The SMILES string of the molecule is CCOC(=O)NS1(=O)=NC(=O)C2=CC=C3OC[C@]4(CCCc5cc(Cl)ccc54)CN(C[C@@H]4CC[C@H]4[C@@H](OC)/C=C/CCC1)C3C2. The fourth-order valence-electron chi connectivity index (χ4n) is 7.77. The van der Waals surface area contributed by atoms with Gasteiger partial charge in [0.15, 0.2) is 0 Å². The van der Waals surface area contributed by atoms with Gasteiger partial charge in [-0.05, 0) is 99.1 Å². The van der Waals surface area contributed by atoms with Gasteiger partial charge in [0, 0.05) is 42.6 Å². The van der Waals surface area contributed by atoms with Crippen molar-refractivity contribution in [3.8, 4) is 0 Å². The monoisotopic (exact) mass is 657 g/mol. The van der Waals surface area contributed by atoms with Crippen LogP contribution in [0.25, 0.3) is 0 Å². The van der Waals surface area contributed by atoms with Gasteiger partial charge < -0.3 is 14.2 Å². The summed E-state index contributed by atoms with van der Waals surface area (Å²) in [4.78, 5) is 28.5. The molecule has 2 unspecified atom stereocenters. The van der Waals surface area contributed by atoms with Crippen LogP contribution in [0.5, 0.6) is 0 Å². The molecule has 2 amide bonds. The molecule has 2 bridgehead atoms. The van der Waals surface area contributed by atoms with Crippen LogP contribution in [0, 0.1) is 11.8 Å². The zero-order chi connectivity index (χ0) is 31.6. The van der Waals surface area contributed by atoms with Crippen molar-refractivity contribution in [3.63, 3.8) is 0 Å². The van der Waals surface area contributed by atoms with Gasteiger partial charge in [0.1, 0.15) is 15.7 Å². The Morgan fingerprint density at radius 3 is 2.91 bits per heavy atom. The van der Waals surface area contributed by atoms with Crippen LogP contribution in [0.4, 0.5) is 4.79 Å². The molecule has 1 saturated heterocycles. The lowest BCUT2D eigenvalue weighted by Gasteiger charge is -2.46. The molecular formula is C34H44ClN3O6S. The topological polar surface area (TPSA) is 107 Å². The Hall–Kier alpha value is -2.66. The van der Waals surface area contributed by atoms with Crippen LogP contribution in [0.3, 0.4) is 0 Å². The first kappa shape index (κ1) is 32.3. The van der Waals surface area contributed by atoms with Gasteiger partial charge in [0.25, 0.3) is 5.91 Å². The summed E-state index contributed by atoms with van der Waals surface area (Å²) >= 11 is 6.43. The molecule has 244 valence electrons. The average molecular weight is 658 g/mol. The summed E-state index contributed by atoms with van der Waals surface area (Å²) < 4.78 is 38.0. The van der Waals surface area contributed by atoms with E-state index in [1.165, 1.54) is 11.1 Å². The highest BCUT2D eigenvalue weighted by Gasteiger charge is 2.47. The number of hydrogen-bond acceptors (Lipinski definition) is 7. The third kappa shape index (κ3) is 6.89. The van der Waals surface area contributed by atoms with E-state index in [0.29, 0.717) is 43.3 Å². The van der Waals surface area contributed by atoms with Crippen LogP contribution in [0.15, 0.2) is 58.2 Å². The summed E-state index contributed by atoms with van der Waals surface area (Å²) in [5.74, 6) is 1.13. The molecule has 11 heteroatoms. The second kappa shape index (κ2) is 13.6. The summed E-state index contributed by atoms with van der Waals surface area (Å²) in [7, 11) is -1.64. The second-order valence-electron chi connectivity index (χ2n) is 13.0. The number of carbonyl (C=O) groups is 2. The molecule has 1 saturated carbocycles. The van der Waals surface area contributed by atoms with Gasteiger partial charge in [0.05, 0.1) is 31.1 Å². The molecule has 2 aliphatic heterocycles. The molecule has 2 fully saturated rings. The normalized spacial score (nSPS) is 34.3.